The van der Waals surface area contributed by atoms with Crippen LogP contribution in [0.5, 0.6) is 0 Å². The second-order valence-corrected chi connectivity index (χ2v) is 7.05. The molecule has 0 fully saturated rings. The molecule has 0 spiro atoms. The number of aromatic nitrogens is 3. The number of aryl methyl sites for hydroxylation is 3. The summed E-state index contributed by atoms with van der Waals surface area (Å²) in [5.74, 6) is 0. The molecule has 0 radical (unpaired) electrons. The maximum Gasteiger partial charge on any atom is 0.203 e. The summed E-state index contributed by atoms with van der Waals surface area (Å²) in [5, 5.41) is 11.0. The Hall–Kier alpha value is -2.01. The van der Waals surface area contributed by atoms with Crippen LogP contribution in [-0.2, 0) is 12.8 Å². The zero-order valence-electron chi connectivity index (χ0n) is 12.8. The molecule has 0 unspecified atom stereocenters. The second-order valence-electron chi connectivity index (χ2n) is 6.04. The molecule has 112 valence electrons. The van der Waals surface area contributed by atoms with Gasteiger partial charge in [0.15, 0.2) is 5.01 Å². The minimum absolute atomic E-state index is 0.522. The summed E-state index contributed by atoms with van der Waals surface area (Å²) in [5.41, 5.74) is 13.2. The second kappa shape index (κ2) is 5.02. The Morgan fingerprint density at radius 2 is 1.91 bits per heavy atom. The number of benzene rings is 1. The molecule has 4 rings (SSSR count). The number of pyridine rings is 1. The molecule has 0 saturated carbocycles. The van der Waals surface area contributed by atoms with Crippen molar-refractivity contribution < 1.29 is 0 Å². The topological polar surface area (TPSA) is 64.7 Å². The van der Waals surface area contributed by atoms with Crippen molar-refractivity contribution in [3.63, 3.8) is 0 Å². The molecule has 5 heteroatoms. The molecule has 1 aromatic carbocycles. The van der Waals surface area contributed by atoms with Crippen molar-refractivity contribution in [1.29, 1.82) is 0 Å². The average molecular weight is 310 g/mol. The SMILES string of the molecule is Cc1cc(C)c2c(-c3nnc(N)s3)c3c(nc2c1)CCCC3. The predicted molar refractivity (Wildman–Crippen MR) is 91.2 cm³/mol. The van der Waals surface area contributed by atoms with Gasteiger partial charge in [-0.15, -0.1) is 10.2 Å². The normalized spacial score (nSPS) is 14.3. The highest BCUT2D eigenvalue weighted by molar-refractivity contribution is 7.18. The average Bonchev–Trinajstić information content (AvgIpc) is 2.91. The first-order valence-electron chi connectivity index (χ1n) is 7.65. The van der Waals surface area contributed by atoms with Crippen LogP contribution in [0.25, 0.3) is 21.5 Å². The highest BCUT2D eigenvalue weighted by Crippen LogP contribution is 2.39. The van der Waals surface area contributed by atoms with E-state index in [1.165, 1.54) is 57.5 Å². The van der Waals surface area contributed by atoms with Gasteiger partial charge in [0.05, 0.1) is 5.52 Å². The number of rotatable bonds is 1. The van der Waals surface area contributed by atoms with Gasteiger partial charge < -0.3 is 5.73 Å². The Balaban J connectivity index is 2.14. The summed E-state index contributed by atoms with van der Waals surface area (Å²) in [6.45, 7) is 4.27. The Morgan fingerprint density at radius 1 is 1.09 bits per heavy atom. The molecule has 1 aliphatic carbocycles. The predicted octanol–water partition coefficient (Wildman–Crippen LogP) is 3.83. The van der Waals surface area contributed by atoms with Crippen LogP contribution < -0.4 is 5.73 Å². The van der Waals surface area contributed by atoms with E-state index < -0.39 is 0 Å². The van der Waals surface area contributed by atoms with Gasteiger partial charge in [-0.1, -0.05) is 17.4 Å². The molecule has 0 atom stereocenters. The molecule has 3 aromatic rings. The van der Waals surface area contributed by atoms with E-state index in [1.807, 2.05) is 0 Å². The van der Waals surface area contributed by atoms with E-state index in [-0.39, 0.29) is 0 Å². The summed E-state index contributed by atoms with van der Waals surface area (Å²) in [7, 11) is 0. The van der Waals surface area contributed by atoms with Gasteiger partial charge >= 0.3 is 0 Å². The Morgan fingerprint density at radius 3 is 2.68 bits per heavy atom. The van der Waals surface area contributed by atoms with Gasteiger partial charge in [-0.2, -0.15) is 0 Å². The maximum atomic E-state index is 5.83. The van der Waals surface area contributed by atoms with E-state index >= 15 is 0 Å². The van der Waals surface area contributed by atoms with Gasteiger partial charge in [0.2, 0.25) is 5.13 Å². The van der Waals surface area contributed by atoms with Crippen LogP contribution in [0, 0.1) is 13.8 Å². The molecular formula is C17H18N4S. The van der Waals surface area contributed by atoms with Crippen molar-refractivity contribution >= 4 is 27.4 Å². The van der Waals surface area contributed by atoms with E-state index in [1.54, 1.807) is 0 Å². The lowest BCUT2D eigenvalue weighted by Gasteiger charge is -2.20. The number of hydrogen-bond acceptors (Lipinski definition) is 5. The standard InChI is InChI=1S/C17H18N4S/c1-9-7-10(2)14-13(8-9)19-12-6-4-3-5-11(12)15(14)16-20-21-17(18)22-16/h7-8H,3-6H2,1-2H3,(H2,18,21). The fourth-order valence-electron chi connectivity index (χ4n) is 3.51. The largest absolute Gasteiger partial charge is 0.374 e. The van der Waals surface area contributed by atoms with Crippen LogP contribution in [0.2, 0.25) is 0 Å². The highest BCUT2D eigenvalue weighted by Gasteiger charge is 2.22. The number of nitrogens with zero attached hydrogens (tertiary/aromatic N) is 3. The molecule has 0 saturated heterocycles. The van der Waals surface area contributed by atoms with E-state index in [0.717, 1.165) is 23.4 Å². The van der Waals surface area contributed by atoms with Gasteiger partial charge in [0.1, 0.15) is 0 Å². The van der Waals surface area contributed by atoms with Gasteiger partial charge in [-0.25, -0.2) is 0 Å². The Labute approximate surface area is 133 Å². The van der Waals surface area contributed by atoms with Gasteiger partial charge in [0, 0.05) is 16.6 Å². The van der Waals surface area contributed by atoms with Crippen molar-refractivity contribution in [2.24, 2.45) is 0 Å². The first-order valence-corrected chi connectivity index (χ1v) is 8.47. The summed E-state index contributed by atoms with van der Waals surface area (Å²) in [6, 6.07) is 4.39. The van der Waals surface area contributed by atoms with Crippen molar-refractivity contribution in [1.82, 2.24) is 15.2 Å². The minimum Gasteiger partial charge on any atom is -0.374 e. The summed E-state index contributed by atoms with van der Waals surface area (Å²) in [4.78, 5) is 4.96. The lowest BCUT2D eigenvalue weighted by molar-refractivity contribution is 0.672. The summed E-state index contributed by atoms with van der Waals surface area (Å²) >= 11 is 1.47. The van der Waals surface area contributed by atoms with Gasteiger partial charge in [-0.3, -0.25) is 4.98 Å². The zero-order valence-corrected chi connectivity index (χ0v) is 13.6. The maximum absolute atomic E-state index is 5.83. The van der Waals surface area contributed by atoms with Crippen LogP contribution in [0.3, 0.4) is 0 Å². The third-order valence-electron chi connectivity index (χ3n) is 4.36. The zero-order chi connectivity index (χ0) is 15.3. The number of nitrogen functional groups attached to an aromatic ring is 1. The number of fused-ring (bicyclic) bond motifs is 2. The van der Waals surface area contributed by atoms with Gasteiger partial charge in [0.25, 0.3) is 0 Å². The Bertz CT molecular complexity index is 882. The van der Waals surface area contributed by atoms with Crippen molar-refractivity contribution in [3.8, 4) is 10.6 Å². The third-order valence-corrected chi connectivity index (χ3v) is 5.13. The smallest absolute Gasteiger partial charge is 0.203 e. The van der Waals surface area contributed by atoms with Crippen LogP contribution in [0.1, 0.15) is 35.2 Å². The van der Waals surface area contributed by atoms with E-state index in [2.05, 4.69) is 36.2 Å². The number of anilines is 1. The fraction of sp³-hybridized carbons (Fsp3) is 0.353. The highest BCUT2D eigenvalue weighted by atomic mass is 32.1. The third kappa shape index (κ3) is 2.08. The van der Waals surface area contributed by atoms with Crippen LogP contribution >= 0.6 is 11.3 Å². The first kappa shape index (κ1) is 13.6. The van der Waals surface area contributed by atoms with Crippen molar-refractivity contribution in [2.75, 3.05) is 5.73 Å². The number of hydrogen-bond donors (Lipinski definition) is 1. The van der Waals surface area contributed by atoms with Crippen molar-refractivity contribution in [3.05, 3.63) is 34.5 Å². The molecule has 0 bridgehead atoms. The van der Waals surface area contributed by atoms with Crippen LogP contribution in [0.4, 0.5) is 5.13 Å². The molecule has 22 heavy (non-hydrogen) atoms. The summed E-state index contributed by atoms with van der Waals surface area (Å²) in [6.07, 6.45) is 4.56. The fourth-order valence-corrected chi connectivity index (χ4v) is 4.20. The van der Waals surface area contributed by atoms with E-state index in [4.69, 9.17) is 10.7 Å². The lowest BCUT2D eigenvalue weighted by Crippen LogP contribution is -2.08. The van der Waals surface area contributed by atoms with Crippen molar-refractivity contribution in [2.45, 2.75) is 39.5 Å². The molecule has 0 amide bonds. The Kier molecular flexibility index (Phi) is 3.11. The molecule has 4 nitrogen and oxygen atoms in total. The molecule has 2 heterocycles. The first-order chi connectivity index (χ1) is 10.6. The monoisotopic (exact) mass is 310 g/mol. The molecule has 1 aliphatic rings. The molecule has 0 aliphatic heterocycles. The molecule has 2 N–H and O–H groups in total. The molecule has 2 aromatic heterocycles. The van der Waals surface area contributed by atoms with Crippen LogP contribution in [-0.4, -0.2) is 15.2 Å². The lowest BCUT2D eigenvalue weighted by atomic mass is 9.88. The number of nitrogens with two attached hydrogens (primary N) is 1. The van der Waals surface area contributed by atoms with E-state index in [9.17, 15) is 0 Å². The summed E-state index contributed by atoms with van der Waals surface area (Å²) < 4.78 is 0. The molecular weight excluding hydrogens is 292 g/mol. The van der Waals surface area contributed by atoms with Crippen LogP contribution in [0.15, 0.2) is 12.1 Å². The minimum atomic E-state index is 0.522. The quantitative estimate of drug-likeness (QED) is 0.742. The van der Waals surface area contributed by atoms with Gasteiger partial charge in [-0.05, 0) is 62.3 Å². The van der Waals surface area contributed by atoms with E-state index in [0.29, 0.717) is 5.13 Å².